The molecule has 1 fully saturated rings. The van der Waals surface area contributed by atoms with Crippen molar-refractivity contribution in [3.05, 3.63) is 29.6 Å². The van der Waals surface area contributed by atoms with Gasteiger partial charge in [-0.2, -0.15) is 5.26 Å². The first-order chi connectivity index (χ1) is 8.21. The molecule has 2 N–H and O–H groups in total. The van der Waals surface area contributed by atoms with E-state index in [0.717, 1.165) is 19.3 Å². The molecule has 3 nitrogen and oxygen atoms in total. The largest absolute Gasteiger partial charge is 0.491 e. The molecule has 2 rings (SSSR count). The fourth-order valence-electron chi connectivity index (χ4n) is 2.05. The summed E-state index contributed by atoms with van der Waals surface area (Å²) >= 11 is 0. The van der Waals surface area contributed by atoms with E-state index in [1.807, 2.05) is 6.07 Å². The third-order valence-corrected chi connectivity index (χ3v) is 3.47. The molecule has 0 unspecified atom stereocenters. The molecule has 17 heavy (non-hydrogen) atoms. The van der Waals surface area contributed by atoms with Gasteiger partial charge in [0.15, 0.2) is 0 Å². The second-order valence-corrected chi connectivity index (χ2v) is 4.57. The summed E-state index contributed by atoms with van der Waals surface area (Å²) < 4.78 is 18.9. The number of hydrogen-bond donors (Lipinski definition) is 1. The monoisotopic (exact) mass is 234 g/mol. The van der Waals surface area contributed by atoms with Crippen molar-refractivity contribution in [1.82, 2.24) is 0 Å². The van der Waals surface area contributed by atoms with Crippen molar-refractivity contribution >= 4 is 0 Å². The van der Waals surface area contributed by atoms with E-state index in [4.69, 9.17) is 15.7 Å². The van der Waals surface area contributed by atoms with Gasteiger partial charge in [0, 0.05) is 12.0 Å². The number of nitrogens with zero attached hydrogens (tertiary/aromatic N) is 1. The maximum absolute atomic E-state index is 13.3. The van der Waals surface area contributed by atoms with Gasteiger partial charge in [0.1, 0.15) is 23.2 Å². The Morgan fingerprint density at radius 3 is 2.76 bits per heavy atom. The van der Waals surface area contributed by atoms with Gasteiger partial charge in [0.2, 0.25) is 0 Å². The molecule has 0 aliphatic heterocycles. The van der Waals surface area contributed by atoms with Crippen LogP contribution in [0.1, 0.15) is 24.8 Å². The summed E-state index contributed by atoms with van der Waals surface area (Å²) in [6, 6.07) is 6.24. The van der Waals surface area contributed by atoms with Crippen molar-refractivity contribution in [2.45, 2.75) is 19.3 Å². The zero-order valence-corrected chi connectivity index (χ0v) is 9.58. The molecule has 0 atom stereocenters. The Hall–Kier alpha value is -1.60. The van der Waals surface area contributed by atoms with Gasteiger partial charge in [-0.1, -0.05) is 12.5 Å². The standard InChI is InChI=1S/C13H15FN2O/c14-11-3-1-4-12(10(11)7-15)17-9-13(8-16)5-2-6-13/h1,3-4H,2,5-6,8-9,16H2. The van der Waals surface area contributed by atoms with Crippen molar-refractivity contribution in [2.24, 2.45) is 11.1 Å². The molecular weight excluding hydrogens is 219 g/mol. The zero-order chi connectivity index (χ0) is 12.3. The van der Waals surface area contributed by atoms with E-state index in [1.165, 1.54) is 6.07 Å². The zero-order valence-electron chi connectivity index (χ0n) is 9.58. The van der Waals surface area contributed by atoms with Crippen LogP contribution in [0.2, 0.25) is 0 Å². The lowest BCUT2D eigenvalue weighted by Crippen LogP contribution is -2.42. The second kappa shape index (κ2) is 4.72. The molecule has 1 aromatic rings. The summed E-state index contributed by atoms with van der Waals surface area (Å²) in [6.07, 6.45) is 3.25. The highest BCUT2D eigenvalue weighted by Gasteiger charge is 2.36. The summed E-state index contributed by atoms with van der Waals surface area (Å²) in [4.78, 5) is 0. The quantitative estimate of drug-likeness (QED) is 0.868. The van der Waals surface area contributed by atoms with Gasteiger partial charge in [-0.15, -0.1) is 0 Å². The van der Waals surface area contributed by atoms with Crippen LogP contribution in [0, 0.1) is 22.6 Å². The van der Waals surface area contributed by atoms with E-state index >= 15 is 0 Å². The molecular formula is C13H15FN2O. The number of hydrogen-bond acceptors (Lipinski definition) is 3. The van der Waals surface area contributed by atoms with Gasteiger partial charge < -0.3 is 10.5 Å². The topological polar surface area (TPSA) is 59.0 Å². The van der Waals surface area contributed by atoms with Crippen LogP contribution in [0.4, 0.5) is 4.39 Å². The van der Waals surface area contributed by atoms with E-state index in [9.17, 15) is 4.39 Å². The van der Waals surface area contributed by atoms with E-state index in [1.54, 1.807) is 12.1 Å². The van der Waals surface area contributed by atoms with Crippen LogP contribution in [-0.4, -0.2) is 13.2 Å². The lowest BCUT2D eigenvalue weighted by Gasteiger charge is -2.40. The first-order valence-corrected chi connectivity index (χ1v) is 5.72. The number of rotatable bonds is 4. The van der Waals surface area contributed by atoms with E-state index in [2.05, 4.69) is 0 Å². The Balaban J connectivity index is 2.09. The predicted molar refractivity (Wildman–Crippen MR) is 61.9 cm³/mol. The minimum absolute atomic E-state index is 0.0268. The van der Waals surface area contributed by atoms with Crippen molar-refractivity contribution in [1.29, 1.82) is 5.26 Å². The average molecular weight is 234 g/mol. The van der Waals surface area contributed by atoms with Crippen LogP contribution in [0.25, 0.3) is 0 Å². The van der Waals surface area contributed by atoms with Crippen LogP contribution in [0.3, 0.4) is 0 Å². The van der Waals surface area contributed by atoms with Crippen LogP contribution in [0.5, 0.6) is 5.75 Å². The normalized spacial score (nSPS) is 17.0. The van der Waals surface area contributed by atoms with Gasteiger partial charge in [-0.25, -0.2) is 4.39 Å². The van der Waals surface area contributed by atoms with E-state index in [0.29, 0.717) is 18.9 Å². The highest BCUT2D eigenvalue weighted by Crippen LogP contribution is 2.40. The van der Waals surface area contributed by atoms with Crippen molar-refractivity contribution < 1.29 is 9.13 Å². The molecule has 0 spiro atoms. The van der Waals surface area contributed by atoms with Crippen LogP contribution in [0.15, 0.2) is 18.2 Å². The minimum Gasteiger partial charge on any atom is -0.491 e. The van der Waals surface area contributed by atoms with Gasteiger partial charge >= 0.3 is 0 Å². The molecule has 0 amide bonds. The van der Waals surface area contributed by atoms with Gasteiger partial charge in [0.05, 0.1) is 6.61 Å². The molecule has 0 heterocycles. The number of ether oxygens (including phenoxy) is 1. The molecule has 90 valence electrons. The number of halogens is 1. The number of nitriles is 1. The summed E-state index contributed by atoms with van der Waals surface area (Å²) in [7, 11) is 0. The Kier molecular flexibility index (Phi) is 3.30. The molecule has 0 radical (unpaired) electrons. The smallest absolute Gasteiger partial charge is 0.144 e. The first-order valence-electron chi connectivity index (χ1n) is 5.72. The average Bonchev–Trinajstić information content (AvgIpc) is 2.28. The van der Waals surface area contributed by atoms with E-state index < -0.39 is 5.82 Å². The second-order valence-electron chi connectivity index (χ2n) is 4.57. The van der Waals surface area contributed by atoms with Gasteiger partial charge in [0.25, 0.3) is 0 Å². The predicted octanol–water partition coefficient (Wildman–Crippen LogP) is 2.21. The van der Waals surface area contributed by atoms with Gasteiger partial charge in [-0.3, -0.25) is 0 Å². The Morgan fingerprint density at radius 1 is 1.47 bits per heavy atom. The maximum Gasteiger partial charge on any atom is 0.144 e. The van der Waals surface area contributed by atoms with Crippen LogP contribution in [-0.2, 0) is 0 Å². The van der Waals surface area contributed by atoms with Crippen molar-refractivity contribution in [3.63, 3.8) is 0 Å². The van der Waals surface area contributed by atoms with Crippen LogP contribution < -0.4 is 10.5 Å². The lowest BCUT2D eigenvalue weighted by atomic mass is 9.69. The number of nitrogens with two attached hydrogens (primary N) is 1. The van der Waals surface area contributed by atoms with Crippen molar-refractivity contribution in [2.75, 3.05) is 13.2 Å². The fourth-order valence-corrected chi connectivity index (χ4v) is 2.05. The Labute approximate surface area is 100.0 Å². The summed E-state index contributed by atoms with van der Waals surface area (Å²) in [5.41, 5.74) is 5.71. The summed E-state index contributed by atoms with van der Waals surface area (Å²) in [5, 5.41) is 8.86. The molecule has 1 aliphatic carbocycles. The Morgan fingerprint density at radius 2 is 2.24 bits per heavy atom. The highest BCUT2D eigenvalue weighted by molar-refractivity contribution is 5.43. The maximum atomic E-state index is 13.3. The van der Waals surface area contributed by atoms with E-state index in [-0.39, 0.29) is 11.0 Å². The van der Waals surface area contributed by atoms with Gasteiger partial charge in [-0.05, 0) is 25.0 Å². The lowest BCUT2D eigenvalue weighted by molar-refractivity contribution is 0.0664. The molecule has 0 bridgehead atoms. The highest BCUT2D eigenvalue weighted by atomic mass is 19.1. The molecule has 0 aromatic heterocycles. The third kappa shape index (κ3) is 2.25. The molecule has 1 aliphatic rings. The minimum atomic E-state index is -0.541. The molecule has 4 heteroatoms. The third-order valence-electron chi connectivity index (χ3n) is 3.47. The van der Waals surface area contributed by atoms with Crippen LogP contribution >= 0.6 is 0 Å². The van der Waals surface area contributed by atoms with Crippen molar-refractivity contribution in [3.8, 4) is 11.8 Å². The SMILES string of the molecule is N#Cc1c(F)cccc1OCC1(CN)CCC1. The molecule has 0 saturated heterocycles. The number of benzene rings is 1. The summed E-state index contributed by atoms with van der Waals surface area (Å²) in [5.74, 6) is -0.229. The summed E-state index contributed by atoms with van der Waals surface area (Å²) in [6.45, 7) is 1.03. The molecule has 1 saturated carbocycles. The molecule has 1 aromatic carbocycles. The fraction of sp³-hybridized carbons (Fsp3) is 0.462. The first kappa shape index (κ1) is 11.9. The Bertz CT molecular complexity index is 444.